The van der Waals surface area contributed by atoms with E-state index in [1.54, 1.807) is 59.5 Å². The average molecular weight is 466 g/mol. The predicted octanol–water partition coefficient (Wildman–Crippen LogP) is 5.59. The number of hydrogen-bond acceptors (Lipinski definition) is 6. The molecular formula is C26H19FN6O2. The van der Waals surface area contributed by atoms with Gasteiger partial charge in [0.15, 0.2) is 5.82 Å². The van der Waals surface area contributed by atoms with Gasteiger partial charge < -0.3 is 15.4 Å². The zero-order chi connectivity index (χ0) is 24.0. The van der Waals surface area contributed by atoms with Crippen LogP contribution in [-0.4, -0.2) is 25.7 Å². The fourth-order valence-electron chi connectivity index (χ4n) is 3.27. The molecule has 0 saturated carbocycles. The number of anilines is 3. The molecule has 9 heteroatoms. The largest absolute Gasteiger partial charge is 0.457 e. The van der Waals surface area contributed by atoms with Crippen molar-refractivity contribution in [1.29, 1.82) is 0 Å². The van der Waals surface area contributed by atoms with Crippen LogP contribution in [0.2, 0.25) is 0 Å². The number of nitrogens with zero attached hydrogens (tertiary/aromatic N) is 4. The van der Waals surface area contributed by atoms with E-state index in [0.717, 1.165) is 5.69 Å². The quantitative estimate of drug-likeness (QED) is 0.325. The van der Waals surface area contributed by atoms with E-state index < -0.39 is 0 Å². The number of hydrogen-bond donors (Lipinski definition) is 2. The highest BCUT2D eigenvalue weighted by Crippen LogP contribution is 2.24. The van der Waals surface area contributed by atoms with Crippen LogP contribution in [0.3, 0.4) is 0 Å². The van der Waals surface area contributed by atoms with Gasteiger partial charge in [0.1, 0.15) is 29.5 Å². The fourth-order valence-corrected chi connectivity index (χ4v) is 3.27. The van der Waals surface area contributed by atoms with Gasteiger partial charge in [-0.3, -0.25) is 4.79 Å². The van der Waals surface area contributed by atoms with Crippen LogP contribution in [0.1, 0.15) is 10.4 Å². The van der Waals surface area contributed by atoms with Crippen LogP contribution in [-0.2, 0) is 0 Å². The first-order valence-electron chi connectivity index (χ1n) is 10.7. The van der Waals surface area contributed by atoms with Crippen molar-refractivity contribution in [3.05, 3.63) is 115 Å². The van der Waals surface area contributed by atoms with E-state index in [1.807, 2.05) is 18.2 Å². The monoisotopic (exact) mass is 466 g/mol. The predicted molar refractivity (Wildman–Crippen MR) is 130 cm³/mol. The van der Waals surface area contributed by atoms with Gasteiger partial charge in [-0.25, -0.2) is 19.0 Å². The van der Waals surface area contributed by atoms with Crippen LogP contribution in [0.15, 0.2) is 104 Å². The Kier molecular flexibility index (Phi) is 6.12. The summed E-state index contributed by atoms with van der Waals surface area (Å²) in [5.41, 5.74) is 1.85. The molecule has 1 amide bonds. The van der Waals surface area contributed by atoms with E-state index in [1.165, 1.54) is 30.6 Å². The number of carbonyl (C=O) groups is 1. The van der Waals surface area contributed by atoms with Gasteiger partial charge in [-0.15, -0.1) is 0 Å². The number of halogens is 1. The third-order valence-electron chi connectivity index (χ3n) is 4.95. The second-order valence-electron chi connectivity index (χ2n) is 7.45. The van der Waals surface area contributed by atoms with Crippen molar-refractivity contribution in [3.8, 4) is 17.3 Å². The van der Waals surface area contributed by atoms with E-state index in [9.17, 15) is 9.18 Å². The molecule has 0 saturated heterocycles. The molecule has 35 heavy (non-hydrogen) atoms. The fraction of sp³-hybridized carbons (Fsp3) is 0. The standard InChI is InChI=1S/C26H19FN6O2/c27-19-5-11-22(12-6-19)35-23-4-1-3-18(15-23)26(34)32-21-9-7-20(8-10-21)31-24-16-25(29-17-28-24)33-14-2-13-30-33/h1-17H,(H,32,34)(H,28,29,31). The Bertz CT molecular complexity index is 1440. The molecule has 2 N–H and O–H groups in total. The summed E-state index contributed by atoms with van der Waals surface area (Å²) < 4.78 is 20.4. The van der Waals surface area contributed by atoms with Gasteiger partial charge in [-0.05, 0) is 72.8 Å². The van der Waals surface area contributed by atoms with E-state index in [-0.39, 0.29) is 11.7 Å². The molecule has 3 aromatic carbocycles. The molecule has 172 valence electrons. The molecule has 5 rings (SSSR count). The number of rotatable bonds is 7. The Morgan fingerprint density at radius 3 is 2.43 bits per heavy atom. The maximum absolute atomic E-state index is 13.1. The summed E-state index contributed by atoms with van der Waals surface area (Å²) in [6.07, 6.45) is 4.94. The van der Waals surface area contributed by atoms with Gasteiger partial charge in [-0.1, -0.05) is 6.07 Å². The Morgan fingerprint density at radius 1 is 0.857 bits per heavy atom. The molecule has 0 spiro atoms. The van der Waals surface area contributed by atoms with Crippen LogP contribution in [0.4, 0.5) is 21.6 Å². The lowest BCUT2D eigenvalue weighted by Crippen LogP contribution is -2.11. The first-order chi connectivity index (χ1) is 17.1. The molecule has 0 aliphatic heterocycles. The van der Waals surface area contributed by atoms with Crippen molar-refractivity contribution in [3.63, 3.8) is 0 Å². The third kappa shape index (κ3) is 5.48. The topological polar surface area (TPSA) is 94.0 Å². The van der Waals surface area contributed by atoms with Crippen molar-refractivity contribution in [1.82, 2.24) is 19.7 Å². The highest BCUT2D eigenvalue weighted by Gasteiger charge is 2.09. The van der Waals surface area contributed by atoms with Crippen LogP contribution in [0, 0.1) is 5.82 Å². The molecule has 8 nitrogen and oxygen atoms in total. The number of carbonyl (C=O) groups excluding carboxylic acids is 1. The Morgan fingerprint density at radius 2 is 1.66 bits per heavy atom. The second kappa shape index (κ2) is 9.84. The van der Waals surface area contributed by atoms with Crippen molar-refractivity contribution in [2.24, 2.45) is 0 Å². The molecule has 0 aliphatic rings. The number of aromatic nitrogens is 4. The zero-order valence-electron chi connectivity index (χ0n) is 18.3. The van der Waals surface area contributed by atoms with E-state index in [0.29, 0.717) is 34.4 Å². The number of benzene rings is 3. The summed E-state index contributed by atoms with van der Waals surface area (Å²) in [6.45, 7) is 0. The minimum Gasteiger partial charge on any atom is -0.457 e. The highest BCUT2D eigenvalue weighted by molar-refractivity contribution is 6.04. The molecule has 0 fully saturated rings. The van der Waals surface area contributed by atoms with E-state index in [4.69, 9.17) is 4.74 Å². The minimum atomic E-state index is -0.345. The summed E-state index contributed by atoms with van der Waals surface area (Å²) in [5, 5.41) is 10.2. The van der Waals surface area contributed by atoms with Gasteiger partial charge in [0, 0.05) is 35.4 Å². The highest BCUT2D eigenvalue weighted by atomic mass is 19.1. The normalized spacial score (nSPS) is 10.5. The number of amides is 1. The smallest absolute Gasteiger partial charge is 0.255 e. The van der Waals surface area contributed by atoms with Crippen molar-refractivity contribution >= 4 is 23.1 Å². The summed E-state index contributed by atoms with van der Waals surface area (Å²) >= 11 is 0. The zero-order valence-corrected chi connectivity index (χ0v) is 18.3. The van der Waals surface area contributed by atoms with E-state index >= 15 is 0 Å². The summed E-state index contributed by atoms with van der Waals surface area (Å²) in [5.74, 6) is 1.58. The van der Waals surface area contributed by atoms with Crippen molar-refractivity contribution < 1.29 is 13.9 Å². The summed E-state index contributed by atoms with van der Waals surface area (Å²) in [6, 6.07) is 23.3. The second-order valence-corrected chi connectivity index (χ2v) is 7.45. The van der Waals surface area contributed by atoms with Crippen LogP contribution < -0.4 is 15.4 Å². The van der Waals surface area contributed by atoms with Crippen LogP contribution in [0.25, 0.3) is 5.82 Å². The maximum atomic E-state index is 13.1. The molecule has 0 bridgehead atoms. The van der Waals surface area contributed by atoms with Gasteiger partial charge in [-0.2, -0.15) is 5.10 Å². The molecule has 0 aliphatic carbocycles. The van der Waals surface area contributed by atoms with Crippen molar-refractivity contribution in [2.75, 3.05) is 10.6 Å². The number of ether oxygens (including phenoxy) is 1. The van der Waals surface area contributed by atoms with Gasteiger partial charge >= 0.3 is 0 Å². The molecular weight excluding hydrogens is 447 g/mol. The Balaban J connectivity index is 1.22. The SMILES string of the molecule is O=C(Nc1ccc(Nc2cc(-n3cccn3)ncn2)cc1)c1cccc(Oc2ccc(F)cc2)c1. The lowest BCUT2D eigenvalue weighted by atomic mass is 10.2. The Labute approximate surface area is 200 Å². The lowest BCUT2D eigenvalue weighted by molar-refractivity contribution is 0.102. The van der Waals surface area contributed by atoms with Gasteiger partial charge in [0.25, 0.3) is 5.91 Å². The molecule has 0 atom stereocenters. The van der Waals surface area contributed by atoms with E-state index in [2.05, 4.69) is 25.7 Å². The third-order valence-corrected chi connectivity index (χ3v) is 4.95. The molecule has 2 heterocycles. The molecule has 0 unspecified atom stereocenters. The van der Waals surface area contributed by atoms with Crippen LogP contribution in [0.5, 0.6) is 11.5 Å². The average Bonchev–Trinajstić information content (AvgIpc) is 3.42. The molecule has 2 aromatic heterocycles. The minimum absolute atomic E-state index is 0.282. The summed E-state index contributed by atoms with van der Waals surface area (Å²) in [7, 11) is 0. The molecule has 5 aromatic rings. The first kappa shape index (κ1) is 21.8. The Hall–Kier alpha value is -5.05. The maximum Gasteiger partial charge on any atom is 0.255 e. The lowest BCUT2D eigenvalue weighted by Gasteiger charge is -2.10. The van der Waals surface area contributed by atoms with Crippen molar-refractivity contribution in [2.45, 2.75) is 0 Å². The molecule has 0 radical (unpaired) electrons. The van der Waals surface area contributed by atoms with Crippen LogP contribution >= 0.6 is 0 Å². The number of nitrogens with one attached hydrogen (secondary N) is 2. The summed E-state index contributed by atoms with van der Waals surface area (Å²) in [4.78, 5) is 21.2. The van der Waals surface area contributed by atoms with Gasteiger partial charge in [0.2, 0.25) is 0 Å². The first-order valence-corrected chi connectivity index (χ1v) is 10.7. The van der Waals surface area contributed by atoms with Gasteiger partial charge in [0.05, 0.1) is 0 Å².